The molecular formula is C29H50ClNO3. The van der Waals surface area contributed by atoms with Gasteiger partial charge in [-0.05, 0) is 62.8 Å². The second-order valence-electron chi connectivity index (χ2n) is 9.58. The molecule has 5 N–H and O–H groups in total. The number of carbonyl (C=O) groups excluding carboxylic acids is 1. The summed E-state index contributed by atoms with van der Waals surface area (Å²) >= 11 is 0. The van der Waals surface area contributed by atoms with Crippen molar-refractivity contribution in [1.29, 1.82) is 0 Å². The van der Waals surface area contributed by atoms with Crippen LogP contribution in [0.1, 0.15) is 102 Å². The average molecular weight is 496 g/mol. The SMILES string of the molecule is CCCCCCCC/C=C\CCCCCC(Cc1ccccc1)C(CCO)(CCO)C([NH3+])=O.[Cl-]. The fourth-order valence-corrected chi connectivity index (χ4v) is 5.02. The van der Waals surface area contributed by atoms with Crippen LogP contribution in [0.4, 0.5) is 0 Å². The lowest BCUT2D eigenvalue weighted by Crippen LogP contribution is -3.00. The van der Waals surface area contributed by atoms with Crippen LogP contribution in [-0.4, -0.2) is 29.3 Å². The predicted octanol–water partition coefficient (Wildman–Crippen LogP) is 2.63. The van der Waals surface area contributed by atoms with Gasteiger partial charge in [0.05, 0.1) is 5.41 Å². The fourth-order valence-electron chi connectivity index (χ4n) is 5.02. The van der Waals surface area contributed by atoms with Crippen molar-refractivity contribution in [3.63, 3.8) is 0 Å². The minimum absolute atomic E-state index is 0. The molecule has 5 heteroatoms. The summed E-state index contributed by atoms with van der Waals surface area (Å²) < 4.78 is 0. The summed E-state index contributed by atoms with van der Waals surface area (Å²) in [6.07, 6.45) is 20.8. The Morgan fingerprint density at radius 3 is 1.94 bits per heavy atom. The first-order valence-corrected chi connectivity index (χ1v) is 13.4. The molecule has 4 nitrogen and oxygen atoms in total. The number of carbonyl (C=O) groups is 1. The van der Waals surface area contributed by atoms with E-state index in [4.69, 9.17) is 0 Å². The van der Waals surface area contributed by atoms with E-state index in [1.54, 1.807) is 0 Å². The van der Waals surface area contributed by atoms with Crippen LogP contribution in [0.5, 0.6) is 0 Å². The standard InChI is InChI=1S/C29H49NO3.ClH/c1-2-3-4-5-6-7-8-9-10-11-12-13-17-20-27(25-26-18-15-14-16-19-26)29(21-23-31,22-24-32)28(30)33;/h9-10,14-16,18-19,27,31-32H,2-8,11-13,17,20-25H2,1H3,(H2,30,33);1H/b10-9-;. The molecule has 0 saturated carbocycles. The van der Waals surface area contributed by atoms with Crippen molar-refractivity contribution in [3.8, 4) is 0 Å². The Balaban J connectivity index is 0.0000109. The van der Waals surface area contributed by atoms with Crippen LogP contribution in [0, 0.1) is 11.3 Å². The summed E-state index contributed by atoms with van der Waals surface area (Å²) in [5.41, 5.74) is 4.20. The van der Waals surface area contributed by atoms with Crippen LogP contribution in [0.2, 0.25) is 0 Å². The third-order valence-electron chi connectivity index (χ3n) is 7.09. The molecule has 0 spiro atoms. The monoisotopic (exact) mass is 495 g/mol. The number of amides is 1. The molecule has 0 radical (unpaired) electrons. The number of allylic oxidation sites excluding steroid dienone is 2. The average Bonchev–Trinajstić information content (AvgIpc) is 2.81. The fraction of sp³-hybridized carbons (Fsp3) is 0.690. The molecule has 1 aromatic carbocycles. The molecule has 1 rings (SSSR count). The number of benzene rings is 1. The van der Waals surface area contributed by atoms with E-state index < -0.39 is 5.41 Å². The summed E-state index contributed by atoms with van der Waals surface area (Å²) in [4.78, 5) is 12.7. The summed E-state index contributed by atoms with van der Waals surface area (Å²) in [5, 5.41) is 19.4. The molecule has 0 aromatic heterocycles. The number of unbranched alkanes of at least 4 members (excludes halogenated alkanes) is 9. The van der Waals surface area contributed by atoms with Gasteiger partial charge in [-0.2, -0.15) is 0 Å². The van der Waals surface area contributed by atoms with Crippen molar-refractivity contribution in [2.75, 3.05) is 13.2 Å². The molecule has 34 heavy (non-hydrogen) atoms. The van der Waals surface area contributed by atoms with E-state index in [-0.39, 0.29) is 37.4 Å². The quantitative estimate of drug-likeness (QED) is 0.181. The zero-order valence-electron chi connectivity index (χ0n) is 21.5. The molecule has 1 atom stereocenters. The number of rotatable bonds is 21. The zero-order chi connectivity index (χ0) is 24.2. The summed E-state index contributed by atoms with van der Waals surface area (Å²) in [7, 11) is 0. The Kier molecular flexibility index (Phi) is 20.4. The Morgan fingerprint density at radius 2 is 1.41 bits per heavy atom. The van der Waals surface area contributed by atoms with Gasteiger partial charge in [0.2, 0.25) is 0 Å². The van der Waals surface area contributed by atoms with Crippen molar-refractivity contribution in [3.05, 3.63) is 48.0 Å². The molecule has 0 aliphatic carbocycles. The van der Waals surface area contributed by atoms with E-state index in [9.17, 15) is 15.0 Å². The molecule has 1 aromatic rings. The van der Waals surface area contributed by atoms with E-state index in [0.717, 1.165) is 38.5 Å². The second-order valence-corrected chi connectivity index (χ2v) is 9.58. The second kappa shape index (κ2) is 21.1. The van der Waals surface area contributed by atoms with E-state index in [0.29, 0.717) is 12.8 Å². The molecule has 196 valence electrons. The lowest BCUT2D eigenvalue weighted by Gasteiger charge is -2.36. The first-order chi connectivity index (χ1) is 16.1. The highest BCUT2D eigenvalue weighted by molar-refractivity contribution is 5.73. The highest BCUT2D eigenvalue weighted by Gasteiger charge is 2.45. The van der Waals surface area contributed by atoms with Crippen LogP contribution in [0.3, 0.4) is 0 Å². The molecule has 0 bridgehead atoms. The zero-order valence-corrected chi connectivity index (χ0v) is 22.3. The van der Waals surface area contributed by atoms with E-state index >= 15 is 0 Å². The molecule has 0 saturated heterocycles. The van der Waals surface area contributed by atoms with Gasteiger partial charge in [0.15, 0.2) is 0 Å². The van der Waals surface area contributed by atoms with Gasteiger partial charge in [-0.3, -0.25) is 5.73 Å². The van der Waals surface area contributed by atoms with Crippen LogP contribution in [-0.2, 0) is 11.2 Å². The topological polar surface area (TPSA) is 85.2 Å². The minimum atomic E-state index is -0.754. The number of hydrogen-bond acceptors (Lipinski definition) is 3. The Morgan fingerprint density at radius 1 is 0.882 bits per heavy atom. The van der Waals surface area contributed by atoms with Crippen LogP contribution < -0.4 is 18.1 Å². The Labute approximate surface area is 214 Å². The molecule has 1 unspecified atom stereocenters. The van der Waals surface area contributed by atoms with Crippen LogP contribution in [0.15, 0.2) is 42.5 Å². The third-order valence-corrected chi connectivity index (χ3v) is 7.09. The van der Waals surface area contributed by atoms with Gasteiger partial charge in [0.1, 0.15) is 0 Å². The number of aliphatic hydroxyl groups is 2. The third kappa shape index (κ3) is 13.0. The predicted molar refractivity (Wildman–Crippen MR) is 138 cm³/mol. The van der Waals surface area contributed by atoms with E-state index in [2.05, 4.69) is 36.9 Å². The van der Waals surface area contributed by atoms with Gasteiger partial charge >= 0.3 is 5.91 Å². The summed E-state index contributed by atoms with van der Waals surface area (Å²) in [6.45, 7) is 2.14. The molecule has 1 amide bonds. The Bertz CT molecular complexity index is 630. The normalized spacial score (nSPS) is 12.6. The van der Waals surface area contributed by atoms with Crippen molar-refractivity contribution in [1.82, 2.24) is 0 Å². The van der Waals surface area contributed by atoms with Crippen molar-refractivity contribution in [2.24, 2.45) is 11.3 Å². The lowest BCUT2D eigenvalue weighted by atomic mass is 9.66. The lowest BCUT2D eigenvalue weighted by molar-refractivity contribution is -0.324. The summed E-state index contributed by atoms with van der Waals surface area (Å²) in [5.74, 6) is -0.0726. The minimum Gasteiger partial charge on any atom is -1.00 e. The van der Waals surface area contributed by atoms with Crippen molar-refractivity contribution in [2.45, 2.75) is 103 Å². The van der Waals surface area contributed by atoms with Gasteiger partial charge in [0.25, 0.3) is 0 Å². The van der Waals surface area contributed by atoms with Gasteiger partial charge in [0, 0.05) is 13.2 Å². The maximum Gasteiger partial charge on any atom is 0.315 e. The maximum absolute atomic E-state index is 12.7. The van der Waals surface area contributed by atoms with Gasteiger partial charge in [-0.25, -0.2) is 4.79 Å². The number of aliphatic hydroxyl groups excluding tert-OH is 2. The number of quaternary nitrogens is 1. The Hall–Kier alpha value is -1.20. The molecule has 0 fully saturated rings. The highest BCUT2D eigenvalue weighted by atomic mass is 35.5. The number of hydrogen-bond donors (Lipinski definition) is 3. The molecule has 0 aliphatic rings. The smallest absolute Gasteiger partial charge is 0.315 e. The first-order valence-electron chi connectivity index (χ1n) is 13.4. The molecule has 0 heterocycles. The largest absolute Gasteiger partial charge is 1.00 e. The molecule has 0 aliphatic heterocycles. The summed E-state index contributed by atoms with van der Waals surface area (Å²) in [6, 6.07) is 10.2. The van der Waals surface area contributed by atoms with E-state index in [1.807, 2.05) is 18.2 Å². The number of halogens is 1. The highest BCUT2D eigenvalue weighted by Crippen LogP contribution is 2.40. The van der Waals surface area contributed by atoms with E-state index in [1.165, 1.54) is 50.5 Å². The van der Waals surface area contributed by atoms with Crippen LogP contribution in [0.25, 0.3) is 0 Å². The maximum atomic E-state index is 12.7. The first kappa shape index (κ1) is 32.8. The van der Waals surface area contributed by atoms with Gasteiger partial charge < -0.3 is 22.6 Å². The van der Waals surface area contributed by atoms with Crippen LogP contribution >= 0.6 is 0 Å². The van der Waals surface area contributed by atoms with Crippen molar-refractivity contribution >= 4 is 5.91 Å². The van der Waals surface area contributed by atoms with Gasteiger partial charge in [-0.15, -0.1) is 0 Å². The van der Waals surface area contributed by atoms with Crippen molar-refractivity contribution < 1.29 is 33.1 Å². The van der Waals surface area contributed by atoms with Gasteiger partial charge in [-0.1, -0.05) is 94.4 Å². The molecular weight excluding hydrogens is 446 g/mol.